The molecule has 6 nitrogen and oxygen atoms in total. The van der Waals surface area contributed by atoms with Crippen molar-refractivity contribution in [3.05, 3.63) is 72.3 Å². The topological polar surface area (TPSA) is 71.8 Å². The first-order valence-electron chi connectivity index (χ1n) is 7.71. The van der Waals surface area contributed by atoms with Crippen LogP contribution in [0.15, 0.2) is 61.2 Å². The van der Waals surface area contributed by atoms with Crippen LogP contribution in [-0.4, -0.2) is 20.8 Å². The van der Waals surface area contributed by atoms with Gasteiger partial charge in [-0.1, -0.05) is 24.3 Å². The van der Waals surface area contributed by atoms with Crippen LogP contribution in [0.3, 0.4) is 0 Å². The normalized spacial score (nSPS) is 11.8. The third kappa shape index (κ3) is 3.78. The largest absolute Gasteiger partial charge is 0.331 e. The van der Waals surface area contributed by atoms with Gasteiger partial charge >= 0.3 is 6.03 Å². The van der Waals surface area contributed by atoms with Crippen LogP contribution < -0.4 is 10.6 Å². The molecular weight excluding hydrogens is 302 g/mol. The zero-order valence-electron chi connectivity index (χ0n) is 13.6. The summed E-state index contributed by atoms with van der Waals surface area (Å²) in [6.45, 7) is 3.93. The number of anilines is 1. The molecule has 0 bridgehead atoms. The molecule has 2 aromatic carbocycles. The number of hydrogen-bond donors (Lipinski definition) is 2. The van der Waals surface area contributed by atoms with E-state index in [0.29, 0.717) is 0 Å². The first-order valence-corrected chi connectivity index (χ1v) is 7.71. The summed E-state index contributed by atoms with van der Waals surface area (Å²) in [5, 5.41) is 9.87. The number of aryl methyl sites for hydroxylation is 1. The molecule has 0 fully saturated rings. The van der Waals surface area contributed by atoms with E-state index < -0.39 is 0 Å². The van der Waals surface area contributed by atoms with Crippen molar-refractivity contribution in [2.24, 2.45) is 0 Å². The van der Waals surface area contributed by atoms with Crippen molar-refractivity contribution in [2.45, 2.75) is 19.9 Å². The zero-order valence-corrected chi connectivity index (χ0v) is 13.6. The van der Waals surface area contributed by atoms with Gasteiger partial charge in [-0.3, -0.25) is 0 Å². The molecular formula is C18H19N5O. The molecule has 0 aliphatic rings. The van der Waals surface area contributed by atoms with Gasteiger partial charge in [-0.15, -0.1) is 0 Å². The molecule has 0 saturated heterocycles. The summed E-state index contributed by atoms with van der Waals surface area (Å²) in [5.74, 6) is 0. The third-order valence-electron chi connectivity index (χ3n) is 3.70. The second kappa shape index (κ2) is 6.95. The molecule has 0 saturated carbocycles. The Kier molecular flexibility index (Phi) is 4.56. The number of rotatable bonds is 4. The predicted molar refractivity (Wildman–Crippen MR) is 93.1 cm³/mol. The Hall–Kier alpha value is -3.15. The number of hydrogen-bond acceptors (Lipinski definition) is 3. The summed E-state index contributed by atoms with van der Waals surface area (Å²) in [4.78, 5) is 16.0. The Morgan fingerprint density at radius 2 is 1.96 bits per heavy atom. The lowest BCUT2D eigenvalue weighted by Crippen LogP contribution is -2.31. The maximum absolute atomic E-state index is 12.1. The highest BCUT2D eigenvalue weighted by atomic mass is 16.2. The minimum Gasteiger partial charge on any atom is -0.331 e. The minimum atomic E-state index is -0.228. The molecule has 0 aliphatic heterocycles. The van der Waals surface area contributed by atoms with Crippen LogP contribution in [0.4, 0.5) is 10.5 Å². The van der Waals surface area contributed by atoms with E-state index in [1.807, 2.05) is 62.4 Å². The van der Waals surface area contributed by atoms with Gasteiger partial charge in [0.25, 0.3) is 0 Å². The van der Waals surface area contributed by atoms with Crippen molar-refractivity contribution in [3.8, 4) is 5.69 Å². The van der Waals surface area contributed by atoms with Crippen molar-refractivity contribution in [1.82, 2.24) is 20.1 Å². The molecule has 122 valence electrons. The Balaban J connectivity index is 1.62. The highest BCUT2D eigenvalue weighted by Gasteiger charge is 2.10. The van der Waals surface area contributed by atoms with Gasteiger partial charge in [-0.05, 0) is 49.2 Å². The average Bonchev–Trinajstić information content (AvgIpc) is 3.09. The highest BCUT2D eigenvalue weighted by Crippen LogP contribution is 2.16. The number of nitrogens with zero attached hydrogens (tertiary/aromatic N) is 3. The van der Waals surface area contributed by atoms with E-state index >= 15 is 0 Å². The van der Waals surface area contributed by atoms with Crippen LogP contribution in [0.1, 0.15) is 24.1 Å². The zero-order chi connectivity index (χ0) is 16.9. The third-order valence-corrected chi connectivity index (χ3v) is 3.70. The summed E-state index contributed by atoms with van der Waals surface area (Å²) in [6.07, 6.45) is 3.14. The van der Waals surface area contributed by atoms with E-state index in [2.05, 4.69) is 20.7 Å². The average molecular weight is 321 g/mol. The molecule has 0 radical (unpaired) electrons. The van der Waals surface area contributed by atoms with Crippen LogP contribution in [-0.2, 0) is 0 Å². The van der Waals surface area contributed by atoms with Gasteiger partial charge in [-0.2, -0.15) is 5.10 Å². The van der Waals surface area contributed by atoms with Gasteiger partial charge in [-0.25, -0.2) is 14.5 Å². The van der Waals surface area contributed by atoms with Crippen molar-refractivity contribution in [3.63, 3.8) is 0 Å². The minimum absolute atomic E-state index is 0.111. The lowest BCUT2D eigenvalue weighted by Gasteiger charge is -2.15. The van der Waals surface area contributed by atoms with E-state index in [0.717, 1.165) is 22.5 Å². The number of carbonyl (C=O) groups excluding carboxylic acids is 1. The summed E-state index contributed by atoms with van der Waals surface area (Å²) in [7, 11) is 0. The Morgan fingerprint density at radius 1 is 1.17 bits per heavy atom. The Bertz CT molecular complexity index is 812. The number of aromatic nitrogens is 3. The lowest BCUT2D eigenvalue weighted by atomic mass is 10.1. The SMILES string of the molecule is Cc1cccc(NC(=O)NC(C)c2ccc(-n3cncn3)cc2)c1. The fourth-order valence-electron chi connectivity index (χ4n) is 2.43. The van der Waals surface area contributed by atoms with E-state index in [1.54, 1.807) is 11.0 Å². The second-order valence-electron chi connectivity index (χ2n) is 5.62. The smallest absolute Gasteiger partial charge is 0.319 e. The molecule has 1 atom stereocenters. The van der Waals surface area contributed by atoms with E-state index in [9.17, 15) is 4.79 Å². The van der Waals surface area contributed by atoms with Crippen molar-refractivity contribution >= 4 is 11.7 Å². The van der Waals surface area contributed by atoms with Gasteiger partial charge in [0.05, 0.1) is 11.7 Å². The maximum Gasteiger partial charge on any atom is 0.319 e. The van der Waals surface area contributed by atoms with Crippen LogP contribution in [0.2, 0.25) is 0 Å². The molecule has 3 rings (SSSR count). The van der Waals surface area contributed by atoms with Crippen LogP contribution in [0.25, 0.3) is 5.69 Å². The first-order chi connectivity index (χ1) is 11.6. The fraction of sp³-hybridized carbons (Fsp3) is 0.167. The van der Waals surface area contributed by atoms with Gasteiger partial charge in [0, 0.05) is 5.69 Å². The monoisotopic (exact) mass is 321 g/mol. The van der Waals surface area contributed by atoms with Gasteiger partial charge < -0.3 is 10.6 Å². The van der Waals surface area contributed by atoms with Crippen molar-refractivity contribution in [1.29, 1.82) is 0 Å². The summed E-state index contributed by atoms with van der Waals surface area (Å²) >= 11 is 0. The van der Waals surface area contributed by atoms with Gasteiger partial charge in [0.15, 0.2) is 0 Å². The van der Waals surface area contributed by atoms with Crippen molar-refractivity contribution in [2.75, 3.05) is 5.32 Å². The quantitative estimate of drug-likeness (QED) is 0.773. The number of carbonyl (C=O) groups is 1. The summed E-state index contributed by atoms with van der Waals surface area (Å²) in [5.41, 5.74) is 3.82. The standard InChI is InChI=1S/C18H19N5O/c1-13-4-3-5-16(10-13)22-18(24)21-14(2)15-6-8-17(9-7-15)23-12-19-11-20-23/h3-12,14H,1-2H3,(H2,21,22,24). The Morgan fingerprint density at radius 3 is 2.62 bits per heavy atom. The predicted octanol–water partition coefficient (Wildman–Crippen LogP) is 3.46. The molecule has 2 amide bonds. The summed E-state index contributed by atoms with van der Waals surface area (Å²) < 4.78 is 1.69. The molecule has 1 heterocycles. The van der Waals surface area contributed by atoms with Crippen LogP contribution >= 0.6 is 0 Å². The first kappa shape index (κ1) is 15.7. The van der Waals surface area contributed by atoms with Gasteiger partial charge in [0.2, 0.25) is 0 Å². The van der Waals surface area contributed by atoms with Crippen molar-refractivity contribution < 1.29 is 4.79 Å². The second-order valence-corrected chi connectivity index (χ2v) is 5.62. The molecule has 3 aromatic rings. The number of urea groups is 1. The lowest BCUT2D eigenvalue weighted by molar-refractivity contribution is 0.249. The van der Waals surface area contributed by atoms with Gasteiger partial charge in [0.1, 0.15) is 12.7 Å². The molecule has 24 heavy (non-hydrogen) atoms. The number of amides is 2. The number of nitrogens with one attached hydrogen (secondary N) is 2. The summed E-state index contributed by atoms with van der Waals surface area (Å²) in [6, 6.07) is 15.2. The number of benzene rings is 2. The fourth-order valence-corrected chi connectivity index (χ4v) is 2.43. The molecule has 6 heteroatoms. The molecule has 2 N–H and O–H groups in total. The molecule has 1 unspecified atom stereocenters. The Labute approximate surface area is 140 Å². The van der Waals surface area contributed by atoms with E-state index in [1.165, 1.54) is 6.33 Å². The highest BCUT2D eigenvalue weighted by molar-refractivity contribution is 5.89. The van der Waals surface area contributed by atoms with Crippen LogP contribution in [0, 0.1) is 6.92 Å². The molecule has 0 spiro atoms. The maximum atomic E-state index is 12.1. The molecule has 0 aliphatic carbocycles. The van der Waals surface area contributed by atoms with E-state index in [4.69, 9.17) is 0 Å². The molecule has 1 aromatic heterocycles. The van der Waals surface area contributed by atoms with Crippen LogP contribution in [0.5, 0.6) is 0 Å². The van der Waals surface area contributed by atoms with E-state index in [-0.39, 0.29) is 12.1 Å².